The standard InChI is InChI=1S/C18H12F4O4/c1-9(2)18(24)26-13-6-5-12(16(21)17(13)22)11-4-3-10(7-25-8-23)14(19)15(11)20/h3-6,8H,1,7H2,2H3. The first kappa shape index (κ1) is 19.2. The van der Waals surface area contributed by atoms with Crippen molar-refractivity contribution in [3.63, 3.8) is 0 Å². The molecule has 0 amide bonds. The summed E-state index contributed by atoms with van der Waals surface area (Å²) in [7, 11) is 0. The van der Waals surface area contributed by atoms with E-state index in [0.717, 1.165) is 24.3 Å². The van der Waals surface area contributed by atoms with E-state index in [1.54, 1.807) is 0 Å². The zero-order valence-electron chi connectivity index (χ0n) is 13.4. The molecule has 0 aromatic heterocycles. The lowest BCUT2D eigenvalue weighted by molar-refractivity contribution is -0.130. The summed E-state index contributed by atoms with van der Waals surface area (Å²) >= 11 is 0. The molecular weight excluding hydrogens is 356 g/mol. The van der Waals surface area contributed by atoms with E-state index in [1.165, 1.54) is 6.92 Å². The van der Waals surface area contributed by atoms with E-state index in [2.05, 4.69) is 16.1 Å². The largest absolute Gasteiger partial charge is 0.463 e. The molecule has 0 N–H and O–H groups in total. The second-order valence-corrected chi connectivity index (χ2v) is 5.22. The van der Waals surface area contributed by atoms with E-state index in [4.69, 9.17) is 0 Å². The van der Waals surface area contributed by atoms with Gasteiger partial charge in [0.1, 0.15) is 6.61 Å². The Morgan fingerprint density at radius 3 is 2.15 bits per heavy atom. The van der Waals surface area contributed by atoms with Crippen LogP contribution in [-0.2, 0) is 20.9 Å². The van der Waals surface area contributed by atoms with Crippen LogP contribution in [0, 0.1) is 23.3 Å². The van der Waals surface area contributed by atoms with Gasteiger partial charge in [-0.2, -0.15) is 4.39 Å². The van der Waals surface area contributed by atoms with Crippen LogP contribution >= 0.6 is 0 Å². The molecule has 0 saturated heterocycles. The molecule has 8 heteroatoms. The monoisotopic (exact) mass is 368 g/mol. The number of carbonyl (C=O) groups excluding carboxylic acids is 2. The Bertz CT molecular complexity index is 893. The van der Waals surface area contributed by atoms with E-state index in [-0.39, 0.29) is 17.6 Å². The molecule has 0 bridgehead atoms. The molecule has 0 fully saturated rings. The third-order valence-corrected chi connectivity index (χ3v) is 3.36. The molecule has 0 aliphatic rings. The maximum atomic E-state index is 14.3. The second-order valence-electron chi connectivity index (χ2n) is 5.22. The average molecular weight is 368 g/mol. The molecule has 136 valence electrons. The van der Waals surface area contributed by atoms with Crippen molar-refractivity contribution < 1.29 is 36.6 Å². The first-order valence-electron chi connectivity index (χ1n) is 7.16. The summed E-state index contributed by atoms with van der Waals surface area (Å²) in [4.78, 5) is 21.5. The van der Waals surface area contributed by atoms with Crippen molar-refractivity contribution in [1.82, 2.24) is 0 Å². The highest BCUT2D eigenvalue weighted by atomic mass is 19.2. The highest BCUT2D eigenvalue weighted by Crippen LogP contribution is 2.33. The molecule has 0 aliphatic heterocycles. The van der Waals surface area contributed by atoms with Crippen LogP contribution in [0.5, 0.6) is 5.75 Å². The maximum Gasteiger partial charge on any atom is 0.338 e. The van der Waals surface area contributed by atoms with Crippen molar-refractivity contribution in [2.45, 2.75) is 13.5 Å². The summed E-state index contributed by atoms with van der Waals surface area (Å²) in [5, 5.41) is 0. The van der Waals surface area contributed by atoms with Gasteiger partial charge in [0, 0.05) is 22.3 Å². The quantitative estimate of drug-likeness (QED) is 0.254. The lowest BCUT2D eigenvalue weighted by Gasteiger charge is -2.11. The van der Waals surface area contributed by atoms with Gasteiger partial charge in [-0.1, -0.05) is 18.7 Å². The average Bonchev–Trinajstić information content (AvgIpc) is 2.61. The Hall–Kier alpha value is -3.16. The van der Waals surface area contributed by atoms with Crippen molar-refractivity contribution in [3.05, 3.63) is 65.2 Å². The van der Waals surface area contributed by atoms with Gasteiger partial charge < -0.3 is 9.47 Å². The summed E-state index contributed by atoms with van der Waals surface area (Å²) in [6.45, 7) is 4.17. The minimum atomic E-state index is -1.54. The van der Waals surface area contributed by atoms with Crippen LogP contribution in [0.25, 0.3) is 11.1 Å². The molecule has 2 aromatic rings. The minimum absolute atomic E-state index is 0.0323. The number of ether oxygens (including phenoxy) is 2. The molecule has 0 saturated carbocycles. The Balaban J connectivity index is 2.45. The first-order chi connectivity index (χ1) is 12.3. The van der Waals surface area contributed by atoms with Crippen LogP contribution in [0.4, 0.5) is 17.6 Å². The summed E-state index contributed by atoms with van der Waals surface area (Å²) in [5.41, 5.74) is -1.43. The van der Waals surface area contributed by atoms with Gasteiger partial charge in [0.25, 0.3) is 6.47 Å². The molecule has 0 unspecified atom stereocenters. The van der Waals surface area contributed by atoms with Crippen LogP contribution in [0.1, 0.15) is 12.5 Å². The summed E-state index contributed by atoms with van der Waals surface area (Å²) in [6, 6.07) is 3.94. The summed E-state index contributed by atoms with van der Waals surface area (Å²) < 4.78 is 65.5. The highest BCUT2D eigenvalue weighted by Gasteiger charge is 2.22. The van der Waals surface area contributed by atoms with Crippen molar-refractivity contribution in [1.29, 1.82) is 0 Å². The van der Waals surface area contributed by atoms with Crippen LogP contribution in [-0.4, -0.2) is 12.4 Å². The SMILES string of the molecule is C=C(C)C(=O)Oc1ccc(-c2ccc(COC=O)c(F)c2F)c(F)c1F. The molecule has 0 radical (unpaired) electrons. The fourth-order valence-corrected chi connectivity index (χ4v) is 2.04. The summed E-state index contributed by atoms with van der Waals surface area (Å²) in [5.74, 6) is -7.54. The second kappa shape index (κ2) is 7.81. The summed E-state index contributed by atoms with van der Waals surface area (Å²) in [6.07, 6.45) is 0. The van der Waals surface area contributed by atoms with E-state index < -0.39 is 52.7 Å². The zero-order valence-corrected chi connectivity index (χ0v) is 13.4. The van der Waals surface area contributed by atoms with E-state index in [9.17, 15) is 27.2 Å². The highest BCUT2D eigenvalue weighted by molar-refractivity contribution is 5.88. The van der Waals surface area contributed by atoms with Gasteiger partial charge in [-0.3, -0.25) is 4.79 Å². The maximum absolute atomic E-state index is 14.3. The Labute approximate surface area is 145 Å². The van der Waals surface area contributed by atoms with Gasteiger partial charge in [0.15, 0.2) is 23.2 Å². The van der Waals surface area contributed by atoms with Crippen LogP contribution in [0.3, 0.4) is 0 Å². The molecule has 2 rings (SSSR count). The number of carbonyl (C=O) groups is 2. The molecule has 26 heavy (non-hydrogen) atoms. The first-order valence-corrected chi connectivity index (χ1v) is 7.16. The zero-order chi connectivity index (χ0) is 19.4. The molecule has 0 heterocycles. The molecule has 0 spiro atoms. The molecule has 4 nitrogen and oxygen atoms in total. The van der Waals surface area contributed by atoms with Crippen molar-refractivity contribution in [2.24, 2.45) is 0 Å². The van der Waals surface area contributed by atoms with E-state index >= 15 is 0 Å². The number of rotatable bonds is 6. The topological polar surface area (TPSA) is 52.6 Å². The fourth-order valence-electron chi connectivity index (χ4n) is 2.04. The predicted octanol–water partition coefficient (Wildman–Crippen LogP) is 4.06. The van der Waals surface area contributed by atoms with Gasteiger partial charge in [-0.05, 0) is 19.1 Å². The number of halogens is 4. The van der Waals surface area contributed by atoms with E-state index in [1.807, 2.05) is 0 Å². The fraction of sp³-hybridized carbons (Fsp3) is 0.111. The number of hydrogen-bond donors (Lipinski definition) is 0. The Kier molecular flexibility index (Phi) is 5.76. The normalized spacial score (nSPS) is 10.3. The van der Waals surface area contributed by atoms with Gasteiger partial charge in [0.05, 0.1) is 0 Å². The number of esters is 1. The van der Waals surface area contributed by atoms with Gasteiger partial charge in [-0.15, -0.1) is 0 Å². The molecule has 0 atom stereocenters. The van der Waals surface area contributed by atoms with E-state index in [0.29, 0.717) is 0 Å². The minimum Gasteiger partial charge on any atom is -0.463 e. The van der Waals surface area contributed by atoms with Gasteiger partial charge in [0.2, 0.25) is 5.82 Å². The lowest BCUT2D eigenvalue weighted by Crippen LogP contribution is -2.10. The van der Waals surface area contributed by atoms with Crippen LogP contribution < -0.4 is 4.74 Å². The van der Waals surface area contributed by atoms with Gasteiger partial charge in [-0.25, -0.2) is 18.0 Å². The lowest BCUT2D eigenvalue weighted by atomic mass is 10.0. The smallest absolute Gasteiger partial charge is 0.338 e. The number of hydrogen-bond acceptors (Lipinski definition) is 4. The van der Waals surface area contributed by atoms with Crippen molar-refractivity contribution >= 4 is 12.4 Å². The van der Waals surface area contributed by atoms with Gasteiger partial charge >= 0.3 is 5.97 Å². The Morgan fingerprint density at radius 1 is 1.00 bits per heavy atom. The van der Waals surface area contributed by atoms with Crippen LogP contribution in [0.2, 0.25) is 0 Å². The molecule has 0 aliphatic carbocycles. The predicted molar refractivity (Wildman–Crippen MR) is 83.0 cm³/mol. The third-order valence-electron chi connectivity index (χ3n) is 3.36. The third kappa shape index (κ3) is 3.74. The van der Waals surface area contributed by atoms with Crippen molar-refractivity contribution in [3.8, 4) is 16.9 Å². The van der Waals surface area contributed by atoms with Crippen LogP contribution in [0.15, 0.2) is 36.4 Å². The number of benzene rings is 2. The van der Waals surface area contributed by atoms with Crippen molar-refractivity contribution in [2.75, 3.05) is 0 Å². The molecule has 2 aromatic carbocycles. The molecular formula is C18H12F4O4. The Morgan fingerprint density at radius 2 is 1.58 bits per heavy atom.